The second-order valence-corrected chi connectivity index (χ2v) is 2.70. The van der Waals surface area contributed by atoms with E-state index in [2.05, 4.69) is 26.5 Å². The lowest BCUT2D eigenvalue weighted by Crippen LogP contribution is -1.87. The third-order valence-corrected chi connectivity index (χ3v) is 2.06. The van der Waals surface area contributed by atoms with E-state index in [1.165, 1.54) is 6.42 Å². The quantitative estimate of drug-likeness (QED) is 0.437. The van der Waals surface area contributed by atoms with Gasteiger partial charge in [0, 0.05) is 12.3 Å². The standard InChI is InChI=1S/C7H11/c1-4-7(3)5-6(7)2/h6H,1,5H2,2-3H3/q+1. The van der Waals surface area contributed by atoms with E-state index in [4.69, 9.17) is 0 Å². The highest BCUT2D eigenvalue weighted by molar-refractivity contribution is 5.02. The lowest BCUT2D eigenvalue weighted by Gasteiger charge is -1.79. The summed E-state index contributed by atoms with van der Waals surface area (Å²) in [5.74, 6) is 0.838. The van der Waals surface area contributed by atoms with Crippen molar-refractivity contribution in [1.29, 1.82) is 0 Å². The molecule has 38 valence electrons. The van der Waals surface area contributed by atoms with Gasteiger partial charge in [-0.15, -0.1) is 0 Å². The van der Waals surface area contributed by atoms with Crippen LogP contribution in [0, 0.1) is 17.4 Å². The minimum Gasteiger partial charge on any atom is -0.0570 e. The fourth-order valence-corrected chi connectivity index (χ4v) is 0.824. The monoisotopic (exact) mass is 95.1 g/mol. The lowest BCUT2D eigenvalue weighted by atomic mass is 10.1. The number of allylic oxidation sites excluding steroid dienone is 1. The van der Waals surface area contributed by atoms with Crippen molar-refractivity contribution in [1.82, 2.24) is 0 Å². The van der Waals surface area contributed by atoms with Gasteiger partial charge in [-0.25, -0.2) is 0 Å². The van der Waals surface area contributed by atoms with Crippen LogP contribution in [0.1, 0.15) is 20.3 Å². The summed E-state index contributed by atoms with van der Waals surface area (Å²) in [5, 5.41) is 0. The van der Waals surface area contributed by atoms with Gasteiger partial charge >= 0.3 is 0 Å². The highest BCUT2D eigenvalue weighted by atomic mass is 14.5. The molecule has 1 rings (SSSR count). The summed E-state index contributed by atoms with van der Waals surface area (Å²) in [5.41, 5.74) is 0.389. The van der Waals surface area contributed by atoms with Crippen molar-refractivity contribution >= 4 is 0 Å². The summed E-state index contributed by atoms with van der Waals surface area (Å²) in [6, 6.07) is 0. The molecule has 0 radical (unpaired) electrons. The van der Waals surface area contributed by atoms with Crippen LogP contribution in [0.25, 0.3) is 0 Å². The van der Waals surface area contributed by atoms with Crippen LogP contribution in [0.3, 0.4) is 0 Å². The Morgan fingerprint density at radius 1 is 1.86 bits per heavy atom. The second-order valence-electron chi connectivity index (χ2n) is 2.70. The number of hydrogen-bond acceptors (Lipinski definition) is 0. The summed E-state index contributed by atoms with van der Waals surface area (Å²) in [6.07, 6.45) is 4.30. The average Bonchev–Trinajstić information content (AvgIpc) is 2.18. The van der Waals surface area contributed by atoms with Crippen molar-refractivity contribution in [2.24, 2.45) is 11.3 Å². The summed E-state index contributed by atoms with van der Waals surface area (Å²) >= 11 is 0. The van der Waals surface area contributed by atoms with E-state index < -0.39 is 0 Å². The first-order chi connectivity index (χ1) is 3.19. The molecule has 0 aromatic carbocycles. The Hall–Kier alpha value is -0.350. The molecule has 0 nitrogen and oxygen atoms in total. The van der Waals surface area contributed by atoms with Crippen molar-refractivity contribution in [3.8, 4) is 0 Å². The van der Waals surface area contributed by atoms with E-state index in [9.17, 15) is 0 Å². The largest absolute Gasteiger partial charge is 0.221 e. The van der Waals surface area contributed by atoms with Crippen LogP contribution in [-0.4, -0.2) is 0 Å². The van der Waals surface area contributed by atoms with E-state index in [1.54, 1.807) is 0 Å². The zero-order valence-corrected chi connectivity index (χ0v) is 4.99. The third-order valence-electron chi connectivity index (χ3n) is 2.06. The Labute approximate surface area is 45.2 Å². The van der Waals surface area contributed by atoms with Crippen LogP contribution >= 0.6 is 0 Å². The van der Waals surface area contributed by atoms with Gasteiger partial charge in [0.1, 0.15) is 6.58 Å². The highest BCUT2D eigenvalue weighted by Crippen LogP contribution is 2.51. The van der Waals surface area contributed by atoms with Crippen molar-refractivity contribution in [2.75, 3.05) is 0 Å². The summed E-state index contributed by atoms with van der Waals surface area (Å²) in [4.78, 5) is 0. The van der Waals surface area contributed by atoms with Gasteiger partial charge in [0.25, 0.3) is 0 Å². The Bertz CT molecular complexity index is 94.2. The molecule has 0 heterocycles. The van der Waals surface area contributed by atoms with Gasteiger partial charge in [0.15, 0.2) is 5.41 Å². The van der Waals surface area contributed by atoms with Crippen molar-refractivity contribution in [3.63, 3.8) is 0 Å². The first-order valence-electron chi connectivity index (χ1n) is 2.73. The average molecular weight is 95.2 g/mol. The maximum Gasteiger partial charge on any atom is 0.221 e. The smallest absolute Gasteiger partial charge is 0.0570 e. The van der Waals surface area contributed by atoms with Crippen molar-refractivity contribution < 1.29 is 0 Å². The molecule has 7 heavy (non-hydrogen) atoms. The zero-order valence-electron chi connectivity index (χ0n) is 4.99. The van der Waals surface area contributed by atoms with Crippen LogP contribution in [0.5, 0.6) is 0 Å². The fourth-order valence-electron chi connectivity index (χ4n) is 0.824. The molecule has 0 aromatic rings. The van der Waals surface area contributed by atoms with Crippen molar-refractivity contribution in [2.45, 2.75) is 20.3 Å². The molecule has 1 fully saturated rings. The number of rotatable bonds is 1. The molecule has 0 aliphatic heterocycles. The van der Waals surface area contributed by atoms with E-state index in [-0.39, 0.29) is 0 Å². The van der Waals surface area contributed by atoms with Crippen molar-refractivity contribution in [3.05, 3.63) is 12.7 Å². The highest BCUT2D eigenvalue weighted by Gasteiger charge is 2.55. The van der Waals surface area contributed by atoms with Gasteiger partial charge in [-0.3, -0.25) is 0 Å². The molecule has 1 saturated carbocycles. The van der Waals surface area contributed by atoms with Gasteiger partial charge in [0.05, 0.1) is 0 Å². The van der Waals surface area contributed by atoms with E-state index >= 15 is 0 Å². The Balaban J connectivity index is 2.51. The maximum absolute atomic E-state index is 3.62. The molecule has 0 aromatic heterocycles. The van der Waals surface area contributed by atoms with Gasteiger partial charge in [-0.05, 0) is 6.92 Å². The van der Waals surface area contributed by atoms with Crippen LogP contribution in [0.4, 0.5) is 0 Å². The molecular weight excluding hydrogens is 84.1 g/mol. The predicted octanol–water partition coefficient (Wildman–Crippen LogP) is 2.02. The first kappa shape index (κ1) is 4.80. The predicted molar refractivity (Wildman–Crippen MR) is 30.8 cm³/mol. The topological polar surface area (TPSA) is 0 Å². The summed E-state index contributed by atoms with van der Waals surface area (Å²) in [6.45, 7) is 8.05. The SMILES string of the molecule is C=[C+]C1(C)CC1C. The third kappa shape index (κ3) is 0.555. The van der Waals surface area contributed by atoms with E-state index in [0.29, 0.717) is 5.41 Å². The summed E-state index contributed by atoms with van der Waals surface area (Å²) in [7, 11) is 0. The molecule has 2 atom stereocenters. The van der Waals surface area contributed by atoms with Gasteiger partial charge in [-0.1, -0.05) is 6.92 Å². The number of hydrogen-bond donors (Lipinski definition) is 0. The molecule has 1 aliphatic carbocycles. The molecule has 0 saturated heterocycles. The minimum atomic E-state index is 0.389. The van der Waals surface area contributed by atoms with Crippen LogP contribution in [-0.2, 0) is 0 Å². The lowest BCUT2D eigenvalue weighted by molar-refractivity contribution is 0.646. The van der Waals surface area contributed by atoms with Crippen LogP contribution in [0.15, 0.2) is 6.58 Å². The molecule has 0 amide bonds. The Morgan fingerprint density at radius 3 is 2.29 bits per heavy atom. The Kier molecular flexibility index (Phi) is 0.739. The van der Waals surface area contributed by atoms with Gasteiger partial charge in [0.2, 0.25) is 6.08 Å². The normalized spacial score (nSPS) is 48.0. The first-order valence-corrected chi connectivity index (χ1v) is 2.73. The molecule has 0 bridgehead atoms. The maximum atomic E-state index is 3.62. The van der Waals surface area contributed by atoms with E-state index in [0.717, 1.165) is 5.92 Å². The van der Waals surface area contributed by atoms with E-state index in [1.807, 2.05) is 0 Å². The van der Waals surface area contributed by atoms with Gasteiger partial charge < -0.3 is 0 Å². The zero-order chi connectivity index (χ0) is 5.49. The van der Waals surface area contributed by atoms with Crippen LogP contribution < -0.4 is 0 Å². The Morgan fingerprint density at radius 2 is 2.29 bits per heavy atom. The molecule has 0 spiro atoms. The fraction of sp³-hybridized carbons (Fsp3) is 0.714. The summed E-state index contributed by atoms with van der Waals surface area (Å²) < 4.78 is 0. The van der Waals surface area contributed by atoms with Crippen LogP contribution in [0.2, 0.25) is 0 Å². The molecular formula is C7H11+. The van der Waals surface area contributed by atoms with Gasteiger partial charge in [-0.2, -0.15) is 0 Å². The second kappa shape index (κ2) is 1.08. The molecule has 0 heteroatoms. The molecule has 2 unspecified atom stereocenters. The molecule has 0 N–H and O–H groups in total. The molecule has 1 aliphatic rings. The minimum absolute atomic E-state index is 0.389.